The summed E-state index contributed by atoms with van der Waals surface area (Å²) in [5.41, 5.74) is 0.755. The number of esters is 1. The van der Waals surface area contributed by atoms with Crippen LogP contribution in [0.3, 0.4) is 0 Å². The lowest BCUT2D eigenvalue weighted by Crippen LogP contribution is -2.14. The molecule has 2 aromatic rings. The lowest BCUT2D eigenvalue weighted by Gasteiger charge is -2.06. The number of halogens is 1. The molecule has 0 fully saturated rings. The maximum Gasteiger partial charge on any atom is 0.338 e. The van der Waals surface area contributed by atoms with Crippen LogP contribution in [0.15, 0.2) is 41.0 Å². The van der Waals surface area contributed by atoms with Crippen molar-refractivity contribution < 1.29 is 19.1 Å². The summed E-state index contributed by atoms with van der Waals surface area (Å²) in [5.74, 6) is -0.229. The van der Waals surface area contributed by atoms with Gasteiger partial charge in [-0.05, 0) is 46.3 Å². The predicted molar refractivity (Wildman–Crippen MR) is 76.1 cm³/mol. The Bertz CT molecular complexity index is 622. The molecule has 104 valence electrons. The Morgan fingerprint density at radius 1 is 1.30 bits per heavy atom. The number of rotatable bonds is 5. The highest BCUT2D eigenvalue weighted by Crippen LogP contribution is 2.25. The largest absolute Gasteiger partial charge is 0.496 e. The molecule has 0 amide bonds. The van der Waals surface area contributed by atoms with Gasteiger partial charge in [-0.1, -0.05) is 0 Å². The van der Waals surface area contributed by atoms with Crippen molar-refractivity contribution >= 4 is 27.7 Å². The molecule has 0 unspecified atom stereocenters. The molecular formula is C14H12BrNO4. The Labute approximate surface area is 124 Å². The standard InChI is InChI=1S/C14H12BrNO4/c1-19-13-5-4-9(7-10(13)15)14(18)20-8-12(17)11-3-2-6-16-11/h2-7,16H,8H2,1H3. The van der Waals surface area contributed by atoms with E-state index >= 15 is 0 Å². The van der Waals surface area contributed by atoms with Gasteiger partial charge in [0.1, 0.15) is 5.75 Å². The molecule has 0 saturated heterocycles. The molecule has 20 heavy (non-hydrogen) atoms. The van der Waals surface area contributed by atoms with Crippen LogP contribution in [0.2, 0.25) is 0 Å². The second kappa shape index (κ2) is 6.38. The van der Waals surface area contributed by atoms with Gasteiger partial charge >= 0.3 is 5.97 Å². The zero-order valence-electron chi connectivity index (χ0n) is 10.7. The van der Waals surface area contributed by atoms with E-state index < -0.39 is 5.97 Å². The van der Waals surface area contributed by atoms with Gasteiger partial charge in [0.25, 0.3) is 0 Å². The molecule has 1 heterocycles. The van der Waals surface area contributed by atoms with E-state index in [1.54, 1.807) is 36.5 Å². The molecule has 5 nitrogen and oxygen atoms in total. The van der Waals surface area contributed by atoms with Gasteiger partial charge in [0.15, 0.2) is 6.61 Å². The van der Waals surface area contributed by atoms with Crippen LogP contribution in [0.25, 0.3) is 0 Å². The van der Waals surface area contributed by atoms with Crippen LogP contribution < -0.4 is 4.74 Å². The van der Waals surface area contributed by atoms with E-state index in [0.29, 0.717) is 21.5 Å². The summed E-state index contributed by atoms with van der Waals surface area (Å²) >= 11 is 3.28. The number of benzene rings is 1. The number of aromatic nitrogens is 1. The van der Waals surface area contributed by atoms with Gasteiger partial charge in [0.05, 0.1) is 22.8 Å². The number of Topliss-reactive ketones (excluding diaryl/α,β-unsaturated/α-hetero) is 1. The quantitative estimate of drug-likeness (QED) is 0.672. The van der Waals surface area contributed by atoms with Crippen LogP contribution in [-0.2, 0) is 4.74 Å². The molecule has 1 N–H and O–H groups in total. The topological polar surface area (TPSA) is 68.4 Å². The van der Waals surface area contributed by atoms with Crippen molar-refractivity contribution in [2.45, 2.75) is 0 Å². The minimum atomic E-state index is -0.562. The van der Waals surface area contributed by atoms with E-state index in [4.69, 9.17) is 9.47 Å². The second-order valence-electron chi connectivity index (χ2n) is 3.93. The zero-order chi connectivity index (χ0) is 14.5. The van der Waals surface area contributed by atoms with Crippen molar-refractivity contribution in [1.29, 1.82) is 0 Å². The van der Waals surface area contributed by atoms with Crippen LogP contribution in [0, 0.1) is 0 Å². The van der Waals surface area contributed by atoms with Gasteiger partial charge in [0, 0.05) is 6.20 Å². The molecule has 0 aliphatic rings. The van der Waals surface area contributed by atoms with Crippen LogP contribution in [0.4, 0.5) is 0 Å². The number of H-pyrrole nitrogens is 1. The summed E-state index contributed by atoms with van der Waals surface area (Å²) in [7, 11) is 1.53. The number of ketones is 1. The Morgan fingerprint density at radius 3 is 2.70 bits per heavy atom. The minimum Gasteiger partial charge on any atom is -0.496 e. The highest BCUT2D eigenvalue weighted by atomic mass is 79.9. The van der Waals surface area contributed by atoms with Gasteiger partial charge in [-0.25, -0.2) is 4.79 Å². The maximum atomic E-state index is 11.8. The zero-order valence-corrected chi connectivity index (χ0v) is 12.3. The van der Waals surface area contributed by atoms with Gasteiger partial charge in [-0.2, -0.15) is 0 Å². The van der Waals surface area contributed by atoms with Gasteiger partial charge < -0.3 is 14.5 Å². The van der Waals surface area contributed by atoms with E-state index in [9.17, 15) is 9.59 Å². The van der Waals surface area contributed by atoms with Crippen LogP contribution in [-0.4, -0.2) is 30.5 Å². The molecule has 2 rings (SSSR count). The lowest BCUT2D eigenvalue weighted by atomic mass is 10.2. The van der Waals surface area contributed by atoms with Crippen molar-refractivity contribution in [3.8, 4) is 5.75 Å². The average Bonchev–Trinajstić information content (AvgIpc) is 2.98. The van der Waals surface area contributed by atoms with Gasteiger partial charge in [-0.3, -0.25) is 4.79 Å². The third-order valence-electron chi connectivity index (χ3n) is 2.62. The van der Waals surface area contributed by atoms with Crippen LogP contribution in [0.5, 0.6) is 5.75 Å². The molecule has 0 atom stereocenters. The van der Waals surface area contributed by atoms with Crippen molar-refractivity contribution in [2.24, 2.45) is 0 Å². The molecule has 0 spiro atoms. The molecule has 0 aliphatic carbocycles. The Balaban J connectivity index is 1.98. The van der Waals surface area contributed by atoms with Crippen molar-refractivity contribution in [3.63, 3.8) is 0 Å². The first kappa shape index (κ1) is 14.3. The average molecular weight is 338 g/mol. The molecule has 0 bridgehead atoms. The first-order chi connectivity index (χ1) is 9.61. The summed E-state index contributed by atoms with van der Waals surface area (Å²) in [6.45, 7) is -0.303. The first-order valence-electron chi connectivity index (χ1n) is 5.79. The molecule has 0 radical (unpaired) electrons. The first-order valence-corrected chi connectivity index (χ1v) is 6.58. The fourth-order valence-electron chi connectivity index (χ4n) is 1.59. The molecular weight excluding hydrogens is 326 g/mol. The Hall–Kier alpha value is -2.08. The summed E-state index contributed by atoms with van der Waals surface area (Å²) in [6.07, 6.45) is 1.63. The third kappa shape index (κ3) is 3.27. The van der Waals surface area contributed by atoms with Crippen molar-refractivity contribution in [2.75, 3.05) is 13.7 Å². The minimum absolute atomic E-state index is 0.282. The maximum absolute atomic E-state index is 11.8. The van der Waals surface area contributed by atoms with Gasteiger partial charge in [-0.15, -0.1) is 0 Å². The molecule has 0 saturated carbocycles. The summed E-state index contributed by atoms with van der Waals surface area (Å²) < 4.78 is 10.7. The van der Waals surface area contributed by atoms with Crippen molar-refractivity contribution in [1.82, 2.24) is 4.98 Å². The number of carbonyl (C=O) groups is 2. The predicted octanol–water partition coefficient (Wildman–Crippen LogP) is 2.83. The van der Waals surface area contributed by atoms with E-state index in [1.807, 2.05) is 0 Å². The number of aromatic amines is 1. The monoisotopic (exact) mass is 337 g/mol. The van der Waals surface area contributed by atoms with Crippen molar-refractivity contribution in [3.05, 3.63) is 52.3 Å². The number of hydrogen-bond donors (Lipinski definition) is 1. The number of carbonyl (C=O) groups excluding carboxylic acids is 2. The van der Waals surface area contributed by atoms with E-state index in [0.717, 1.165) is 0 Å². The number of hydrogen-bond acceptors (Lipinski definition) is 4. The molecule has 6 heteroatoms. The fourth-order valence-corrected chi connectivity index (χ4v) is 2.13. The van der Waals surface area contributed by atoms with Crippen LogP contribution >= 0.6 is 15.9 Å². The second-order valence-corrected chi connectivity index (χ2v) is 4.79. The summed E-state index contributed by atoms with van der Waals surface area (Å²) in [5, 5.41) is 0. The van der Waals surface area contributed by atoms with E-state index in [2.05, 4.69) is 20.9 Å². The summed E-state index contributed by atoms with van der Waals surface area (Å²) in [4.78, 5) is 26.3. The molecule has 1 aromatic heterocycles. The normalized spacial score (nSPS) is 10.1. The molecule has 1 aromatic carbocycles. The van der Waals surface area contributed by atoms with E-state index in [1.165, 1.54) is 7.11 Å². The van der Waals surface area contributed by atoms with Crippen LogP contribution in [0.1, 0.15) is 20.8 Å². The Kier molecular flexibility index (Phi) is 4.57. The number of methoxy groups -OCH3 is 1. The SMILES string of the molecule is COc1ccc(C(=O)OCC(=O)c2ccc[nH]2)cc1Br. The third-order valence-corrected chi connectivity index (χ3v) is 3.24. The van der Waals surface area contributed by atoms with E-state index in [-0.39, 0.29) is 12.4 Å². The number of ether oxygens (including phenoxy) is 2. The summed E-state index contributed by atoms with van der Waals surface area (Å²) in [6, 6.07) is 8.13. The Morgan fingerprint density at radius 2 is 2.10 bits per heavy atom. The van der Waals surface area contributed by atoms with Gasteiger partial charge in [0.2, 0.25) is 5.78 Å². The fraction of sp³-hybridized carbons (Fsp3) is 0.143. The molecule has 0 aliphatic heterocycles. The highest BCUT2D eigenvalue weighted by Gasteiger charge is 2.13. The smallest absolute Gasteiger partial charge is 0.338 e. The number of nitrogens with one attached hydrogen (secondary N) is 1. The lowest BCUT2D eigenvalue weighted by molar-refractivity contribution is 0.0473. The highest BCUT2D eigenvalue weighted by molar-refractivity contribution is 9.10.